The monoisotopic (exact) mass is 466 g/mol. The SMILES string of the molecule is CC(=O)CCC(=O)[O][Sn]([c]1ccccc1)([c]1ccccc1)[c]1ccccc1. The molecule has 4 heteroatoms. The van der Waals surface area contributed by atoms with Crippen LogP contribution < -0.4 is 10.7 Å². The average Bonchev–Trinajstić information content (AvgIpc) is 2.72. The molecule has 0 fully saturated rings. The molecule has 0 saturated carbocycles. The molecule has 0 radical (unpaired) electrons. The molecule has 3 aromatic carbocycles. The quantitative estimate of drug-likeness (QED) is 0.505. The van der Waals surface area contributed by atoms with Crippen molar-refractivity contribution in [1.29, 1.82) is 0 Å². The second kappa shape index (κ2) is 9.00. The molecule has 3 nitrogen and oxygen atoms in total. The van der Waals surface area contributed by atoms with Crippen LogP contribution in [-0.4, -0.2) is 30.5 Å². The van der Waals surface area contributed by atoms with E-state index in [-0.39, 0.29) is 24.6 Å². The summed E-state index contributed by atoms with van der Waals surface area (Å²) in [5, 5.41) is 0. The summed E-state index contributed by atoms with van der Waals surface area (Å²) in [6.45, 7) is 1.50. The summed E-state index contributed by atoms with van der Waals surface area (Å²) in [7, 11) is 0. The van der Waals surface area contributed by atoms with Crippen molar-refractivity contribution in [2.45, 2.75) is 19.8 Å². The Morgan fingerprint density at radius 1 is 0.667 bits per heavy atom. The maximum absolute atomic E-state index is 12.8. The molecule has 0 N–H and O–H groups in total. The van der Waals surface area contributed by atoms with Gasteiger partial charge in [0.2, 0.25) is 0 Å². The van der Waals surface area contributed by atoms with E-state index < -0.39 is 18.8 Å². The molecule has 0 aromatic heterocycles. The standard InChI is InChI=1S/3C6H5.C5H8O3.Sn/c3*1-2-4-6-5-3-1;1-4(6)2-3-5(7)8;/h3*1-5H;2-3H2,1H3,(H,7,8);/q;;;;+1/p-1. The minimum atomic E-state index is -4.02. The van der Waals surface area contributed by atoms with Gasteiger partial charge in [0.1, 0.15) is 0 Å². The first-order valence-corrected chi connectivity index (χ1v) is 14.5. The fraction of sp³-hybridized carbons (Fsp3) is 0.130. The van der Waals surface area contributed by atoms with Crippen molar-refractivity contribution in [3.8, 4) is 0 Å². The molecule has 136 valence electrons. The predicted molar refractivity (Wildman–Crippen MR) is 110 cm³/mol. The molecular formula is C23H22O3Sn. The third kappa shape index (κ3) is 4.48. The van der Waals surface area contributed by atoms with Crippen LogP contribution in [-0.2, 0) is 12.7 Å². The molecule has 3 aromatic rings. The van der Waals surface area contributed by atoms with Crippen LogP contribution in [0.1, 0.15) is 19.8 Å². The van der Waals surface area contributed by atoms with Crippen LogP contribution >= 0.6 is 0 Å². The molecule has 0 atom stereocenters. The molecule has 27 heavy (non-hydrogen) atoms. The molecule has 3 rings (SSSR count). The zero-order chi connectivity index (χ0) is 19.1. The van der Waals surface area contributed by atoms with Crippen molar-refractivity contribution in [3.05, 3.63) is 91.0 Å². The Bertz CT molecular complexity index is 796. The summed E-state index contributed by atoms with van der Waals surface area (Å²) in [6.07, 6.45) is 0.319. The van der Waals surface area contributed by atoms with E-state index in [1.54, 1.807) is 0 Å². The first kappa shape index (κ1) is 19.4. The van der Waals surface area contributed by atoms with Crippen LogP contribution in [0.3, 0.4) is 0 Å². The van der Waals surface area contributed by atoms with Crippen molar-refractivity contribution in [2.24, 2.45) is 0 Å². The third-order valence-corrected chi connectivity index (χ3v) is 15.8. The van der Waals surface area contributed by atoms with Gasteiger partial charge in [-0.25, -0.2) is 0 Å². The normalized spacial score (nSPS) is 11.0. The van der Waals surface area contributed by atoms with Gasteiger partial charge < -0.3 is 0 Å². The molecule has 0 heterocycles. The van der Waals surface area contributed by atoms with Crippen molar-refractivity contribution in [1.82, 2.24) is 0 Å². The molecule has 0 spiro atoms. The van der Waals surface area contributed by atoms with Gasteiger partial charge in [-0.3, -0.25) is 0 Å². The van der Waals surface area contributed by atoms with Crippen LogP contribution in [0, 0.1) is 0 Å². The molecule has 0 amide bonds. The van der Waals surface area contributed by atoms with Gasteiger partial charge in [0, 0.05) is 0 Å². The van der Waals surface area contributed by atoms with Crippen LogP contribution in [0.2, 0.25) is 0 Å². The molecule has 0 saturated heterocycles. The van der Waals surface area contributed by atoms with E-state index in [4.69, 9.17) is 3.07 Å². The number of ketones is 1. The number of hydrogen-bond donors (Lipinski definition) is 0. The van der Waals surface area contributed by atoms with E-state index in [0.717, 1.165) is 10.7 Å². The van der Waals surface area contributed by atoms with Gasteiger partial charge in [-0.2, -0.15) is 0 Å². The zero-order valence-corrected chi connectivity index (χ0v) is 18.2. The summed E-state index contributed by atoms with van der Waals surface area (Å²) in [6, 6.07) is 30.1. The minimum absolute atomic E-state index is 0.00752. The van der Waals surface area contributed by atoms with Gasteiger partial charge in [0.25, 0.3) is 0 Å². The van der Waals surface area contributed by atoms with E-state index in [1.165, 1.54) is 6.92 Å². The van der Waals surface area contributed by atoms with E-state index in [1.807, 2.05) is 91.0 Å². The van der Waals surface area contributed by atoms with E-state index >= 15 is 0 Å². The first-order valence-electron chi connectivity index (χ1n) is 9.01. The summed E-state index contributed by atoms with van der Waals surface area (Å²) in [5.41, 5.74) is 0. The summed E-state index contributed by atoms with van der Waals surface area (Å²) in [5.74, 6) is -0.315. The van der Waals surface area contributed by atoms with Crippen LogP contribution in [0.5, 0.6) is 0 Å². The Labute approximate surface area is 164 Å². The van der Waals surface area contributed by atoms with Crippen molar-refractivity contribution in [3.63, 3.8) is 0 Å². The number of Topliss-reactive ketones (excluding diaryl/α,β-unsaturated/α-hetero) is 1. The van der Waals surface area contributed by atoms with E-state index in [9.17, 15) is 9.59 Å². The Kier molecular flexibility index (Phi) is 6.45. The van der Waals surface area contributed by atoms with Gasteiger partial charge in [0.05, 0.1) is 0 Å². The van der Waals surface area contributed by atoms with E-state index in [0.29, 0.717) is 0 Å². The summed E-state index contributed by atoms with van der Waals surface area (Å²) >= 11 is -4.02. The molecule has 0 aliphatic heterocycles. The van der Waals surface area contributed by atoms with Crippen molar-refractivity contribution in [2.75, 3.05) is 0 Å². The summed E-state index contributed by atoms with van der Waals surface area (Å²) in [4.78, 5) is 24.1. The number of hydrogen-bond acceptors (Lipinski definition) is 3. The maximum atomic E-state index is 12.8. The van der Waals surface area contributed by atoms with Gasteiger partial charge >= 0.3 is 165 Å². The predicted octanol–water partition coefficient (Wildman–Crippen LogP) is 2.57. The van der Waals surface area contributed by atoms with Crippen LogP contribution in [0.25, 0.3) is 0 Å². The Morgan fingerprint density at radius 2 is 1.04 bits per heavy atom. The third-order valence-electron chi connectivity index (χ3n) is 4.49. The van der Waals surface area contributed by atoms with Gasteiger partial charge in [-0.05, 0) is 0 Å². The summed E-state index contributed by atoms with van der Waals surface area (Å²) < 4.78 is 9.57. The Balaban J connectivity index is 2.17. The molecule has 0 aliphatic rings. The van der Waals surface area contributed by atoms with Gasteiger partial charge in [0.15, 0.2) is 0 Å². The zero-order valence-electron chi connectivity index (χ0n) is 15.3. The van der Waals surface area contributed by atoms with E-state index in [2.05, 4.69) is 0 Å². The van der Waals surface area contributed by atoms with Crippen LogP contribution in [0.15, 0.2) is 91.0 Å². The molecule has 0 aliphatic carbocycles. The van der Waals surface area contributed by atoms with Gasteiger partial charge in [-0.15, -0.1) is 0 Å². The first-order chi connectivity index (χ1) is 13.1. The Morgan fingerprint density at radius 3 is 1.37 bits per heavy atom. The average molecular weight is 465 g/mol. The molecule has 0 unspecified atom stereocenters. The number of carbonyl (C=O) groups is 2. The van der Waals surface area contributed by atoms with Gasteiger partial charge in [-0.1, -0.05) is 0 Å². The van der Waals surface area contributed by atoms with Crippen LogP contribution in [0.4, 0.5) is 0 Å². The van der Waals surface area contributed by atoms with Crippen molar-refractivity contribution < 1.29 is 12.7 Å². The number of carbonyl (C=O) groups excluding carboxylic acids is 2. The molecular weight excluding hydrogens is 443 g/mol. The fourth-order valence-corrected chi connectivity index (χ4v) is 14.0. The number of benzene rings is 3. The second-order valence-corrected chi connectivity index (χ2v) is 15.9. The second-order valence-electron chi connectivity index (χ2n) is 6.46. The molecule has 0 bridgehead atoms. The number of rotatable bonds is 7. The fourth-order valence-electron chi connectivity index (χ4n) is 3.20. The topological polar surface area (TPSA) is 43.4 Å². The Hall–Kier alpha value is -2.40. The van der Waals surface area contributed by atoms with Crippen molar-refractivity contribution >= 4 is 41.3 Å².